The van der Waals surface area contributed by atoms with Gasteiger partial charge in [0.2, 0.25) is 10.1 Å². The Kier molecular flexibility index (Phi) is 3.36. The molecule has 1 atom stereocenters. The second-order valence-electron chi connectivity index (χ2n) is 3.16. The van der Waals surface area contributed by atoms with Gasteiger partial charge in [0.15, 0.2) is 0 Å². The summed E-state index contributed by atoms with van der Waals surface area (Å²) >= 11 is 1.12. The van der Waals surface area contributed by atoms with Gasteiger partial charge in [-0.3, -0.25) is 0 Å². The van der Waals surface area contributed by atoms with E-state index in [9.17, 15) is 8.09 Å². The van der Waals surface area contributed by atoms with Gasteiger partial charge in [0.25, 0.3) is 0 Å². The molecule has 2 aromatic rings. The normalized spacial score (nSPS) is 14.3. The van der Waals surface area contributed by atoms with Crippen LogP contribution in [-0.2, 0) is 16.7 Å². The van der Waals surface area contributed by atoms with Gasteiger partial charge < -0.3 is 0 Å². The van der Waals surface area contributed by atoms with Crippen molar-refractivity contribution >= 4 is 21.5 Å². The maximum Gasteiger partial charge on any atom is 0.240 e. The van der Waals surface area contributed by atoms with Gasteiger partial charge in [-0.15, -0.1) is 15.2 Å². The molecule has 5 heteroatoms. The molecule has 0 N–H and O–H groups in total. The Morgan fingerprint density at radius 3 is 2.56 bits per heavy atom. The first-order chi connectivity index (χ1) is 7.68. The van der Waals surface area contributed by atoms with Crippen LogP contribution in [0.5, 0.6) is 0 Å². The zero-order chi connectivity index (χ0) is 11.4. The third-order valence-corrected chi connectivity index (χ3v) is 4.66. The fourth-order valence-electron chi connectivity index (χ4n) is 1.21. The van der Waals surface area contributed by atoms with Gasteiger partial charge in [-0.1, -0.05) is 36.4 Å². The van der Waals surface area contributed by atoms with E-state index in [4.69, 9.17) is 0 Å². The molecule has 0 saturated carbocycles. The van der Waals surface area contributed by atoms with Gasteiger partial charge in [0, 0.05) is 0 Å². The lowest BCUT2D eigenvalue weighted by atomic mass is 10.2. The third kappa shape index (κ3) is 2.68. The van der Waals surface area contributed by atoms with E-state index in [0.29, 0.717) is 0 Å². The Hall–Kier alpha value is -1.20. The fraction of sp³-hybridized carbons (Fsp3) is 0.0909. The van der Waals surface area contributed by atoms with Crippen LogP contribution in [0.15, 0.2) is 56.4 Å². The van der Waals surface area contributed by atoms with Gasteiger partial charge in [-0.05, 0) is 17.0 Å². The summed E-state index contributed by atoms with van der Waals surface area (Å²) in [4.78, 5) is 0. The molecule has 2 nitrogen and oxygen atoms in total. The highest BCUT2D eigenvalue weighted by Crippen LogP contribution is 2.21. The van der Waals surface area contributed by atoms with Crippen LogP contribution in [0.1, 0.15) is 5.56 Å². The summed E-state index contributed by atoms with van der Waals surface area (Å²) < 4.78 is 29.1. The quantitative estimate of drug-likeness (QED) is 0.770. The number of thiophene rings is 1. The molecule has 0 bridgehead atoms. The Morgan fingerprint density at radius 2 is 1.94 bits per heavy atom. The molecule has 0 aliphatic rings. The van der Waals surface area contributed by atoms with Crippen molar-refractivity contribution in [3.63, 3.8) is 0 Å². The van der Waals surface area contributed by atoms with Crippen LogP contribution in [-0.4, -0.2) is 4.21 Å². The number of hydrogen-bond acceptors (Lipinski definition) is 3. The average molecular weight is 255 g/mol. The Labute approximate surface area is 98.2 Å². The van der Waals surface area contributed by atoms with E-state index in [2.05, 4.69) is 4.36 Å². The lowest BCUT2D eigenvalue weighted by Crippen LogP contribution is -1.90. The summed E-state index contributed by atoms with van der Waals surface area (Å²) in [6.07, 6.45) is 0. The summed E-state index contributed by atoms with van der Waals surface area (Å²) in [5, 5.41) is 1.69. The fourth-order valence-corrected chi connectivity index (χ4v) is 3.15. The van der Waals surface area contributed by atoms with Crippen LogP contribution in [0, 0.1) is 0 Å². The Balaban J connectivity index is 2.23. The maximum absolute atomic E-state index is 13.7. The van der Waals surface area contributed by atoms with Crippen LogP contribution in [0.4, 0.5) is 3.89 Å². The van der Waals surface area contributed by atoms with Crippen LogP contribution in [0.3, 0.4) is 0 Å². The lowest BCUT2D eigenvalue weighted by Gasteiger charge is -1.97. The number of benzene rings is 1. The molecule has 0 radical (unpaired) electrons. The first kappa shape index (κ1) is 11.3. The first-order valence-corrected chi connectivity index (χ1v) is 6.98. The number of hydrogen-bond donors (Lipinski definition) is 0. The molecular formula is C11H10FNOS2. The van der Waals surface area contributed by atoms with Crippen LogP contribution in [0.25, 0.3) is 0 Å². The molecule has 84 valence electrons. The van der Waals surface area contributed by atoms with Crippen molar-refractivity contribution in [1.29, 1.82) is 0 Å². The van der Waals surface area contributed by atoms with Gasteiger partial charge in [-0.2, -0.15) is 0 Å². The van der Waals surface area contributed by atoms with E-state index < -0.39 is 10.1 Å². The molecule has 2 rings (SSSR count). The zero-order valence-corrected chi connectivity index (χ0v) is 10.0. The van der Waals surface area contributed by atoms with E-state index >= 15 is 0 Å². The first-order valence-electron chi connectivity index (χ1n) is 4.68. The summed E-state index contributed by atoms with van der Waals surface area (Å²) in [5.74, 6) is 0. The van der Waals surface area contributed by atoms with Crippen molar-refractivity contribution < 1.29 is 8.09 Å². The molecule has 1 heterocycles. The number of nitrogens with zero attached hydrogens (tertiary/aromatic N) is 1. The smallest absolute Gasteiger partial charge is 0.210 e. The van der Waals surface area contributed by atoms with Gasteiger partial charge in [0.05, 0.1) is 6.54 Å². The van der Waals surface area contributed by atoms with Crippen molar-refractivity contribution in [1.82, 2.24) is 0 Å². The molecule has 16 heavy (non-hydrogen) atoms. The molecule has 1 unspecified atom stereocenters. The molecule has 0 aliphatic heterocycles. The van der Waals surface area contributed by atoms with E-state index in [1.165, 1.54) is 6.07 Å². The Bertz CT molecular complexity index is 557. The van der Waals surface area contributed by atoms with Gasteiger partial charge in [0.1, 0.15) is 4.21 Å². The Morgan fingerprint density at radius 1 is 1.19 bits per heavy atom. The van der Waals surface area contributed by atoms with Crippen LogP contribution >= 0.6 is 11.3 Å². The van der Waals surface area contributed by atoms with E-state index in [0.717, 1.165) is 16.9 Å². The summed E-state index contributed by atoms with van der Waals surface area (Å²) in [6, 6.07) is 12.4. The predicted molar refractivity (Wildman–Crippen MR) is 64.4 cm³/mol. The third-order valence-electron chi connectivity index (χ3n) is 2.00. The molecule has 0 aliphatic carbocycles. The highest BCUT2D eigenvalue weighted by molar-refractivity contribution is 7.90. The van der Waals surface area contributed by atoms with Crippen molar-refractivity contribution in [2.45, 2.75) is 10.8 Å². The average Bonchev–Trinajstić information content (AvgIpc) is 2.82. The van der Waals surface area contributed by atoms with Crippen LogP contribution in [0.2, 0.25) is 0 Å². The minimum absolute atomic E-state index is 0.133. The number of halogens is 1. The van der Waals surface area contributed by atoms with Crippen LogP contribution < -0.4 is 0 Å². The molecule has 1 aromatic carbocycles. The second kappa shape index (κ2) is 4.76. The summed E-state index contributed by atoms with van der Waals surface area (Å²) in [5.41, 5.74) is 0.851. The lowest BCUT2D eigenvalue weighted by molar-refractivity contribution is 0.637. The van der Waals surface area contributed by atoms with Crippen molar-refractivity contribution in [2.24, 2.45) is 4.36 Å². The van der Waals surface area contributed by atoms with E-state index in [-0.39, 0.29) is 10.8 Å². The molecule has 0 fully saturated rings. The highest BCUT2D eigenvalue weighted by atomic mass is 32.3. The number of rotatable bonds is 3. The second-order valence-corrected chi connectivity index (χ2v) is 5.98. The van der Waals surface area contributed by atoms with Crippen molar-refractivity contribution in [3.05, 3.63) is 53.4 Å². The largest absolute Gasteiger partial charge is 0.240 e. The molecule has 0 amide bonds. The summed E-state index contributed by atoms with van der Waals surface area (Å²) in [6.45, 7) is 0.133. The zero-order valence-electron chi connectivity index (χ0n) is 8.38. The topological polar surface area (TPSA) is 29.4 Å². The summed E-state index contributed by atoms with van der Waals surface area (Å²) in [7, 11) is -3.72. The van der Waals surface area contributed by atoms with E-state index in [1.807, 2.05) is 30.3 Å². The van der Waals surface area contributed by atoms with Gasteiger partial charge in [-0.25, -0.2) is 8.57 Å². The SMILES string of the molecule is O=S(F)(=NCc1ccccc1)c1cccs1. The minimum Gasteiger partial charge on any atom is -0.210 e. The monoisotopic (exact) mass is 255 g/mol. The minimum atomic E-state index is -3.72. The van der Waals surface area contributed by atoms with Crippen molar-refractivity contribution in [2.75, 3.05) is 0 Å². The predicted octanol–water partition coefficient (Wildman–Crippen LogP) is 3.66. The maximum atomic E-state index is 13.7. The highest BCUT2D eigenvalue weighted by Gasteiger charge is 2.10. The van der Waals surface area contributed by atoms with E-state index in [1.54, 1.807) is 11.4 Å². The molecule has 0 saturated heterocycles. The molecular weight excluding hydrogens is 245 g/mol. The molecule has 0 spiro atoms. The van der Waals surface area contributed by atoms with Gasteiger partial charge >= 0.3 is 0 Å². The van der Waals surface area contributed by atoms with Crippen molar-refractivity contribution in [3.8, 4) is 0 Å². The molecule has 1 aromatic heterocycles. The standard InChI is InChI=1S/C11H10FNOS2/c12-16(14,11-7-4-8-15-11)13-9-10-5-2-1-3-6-10/h1-8H,9H2.